The molecule has 1 rings (SSSR count). The Kier molecular flexibility index (Phi) is 5.73. The van der Waals surface area contributed by atoms with Crippen LogP contribution in [0.5, 0.6) is 0 Å². The fourth-order valence-corrected chi connectivity index (χ4v) is 2.01. The Morgan fingerprint density at radius 2 is 2.06 bits per heavy atom. The molecule has 1 aliphatic heterocycles. The van der Waals surface area contributed by atoms with E-state index in [1.54, 1.807) is 0 Å². The van der Waals surface area contributed by atoms with E-state index >= 15 is 0 Å². The van der Waals surface area contributed by atoms with Gasteiger partial charge in [0, 0.05) is 18.5 Å². The Morgan fingerprint density at radius 1 is 1.38 bits per heavy atom. The van der Waals surface area contributed by atoms with Crippen molar-refractivity contribution in [1.82, 2.24) is 5.32 Å². The zero-order chi connectivity index (χ0) is 12.0. The Morgan fingerprint density at radius 3 is 2.62 bits per heavy atom. The van der Waals surface area contributed by atoms with Crippen molar-refractivity contribution >= 4 is 0 Å². The smallest absolute Gasteiger partial charge is 0.0932 e. The zero-order valence-electron chi connectivity index (χ0n) is 11.2. The van der Waals surface area contributed by atoms with Gasteiger partial charge in [-0.3, -0.25) is 0 Å². The third kappa shape index (κ3) is 4.04. The quantitative estimate of drug-likeness (QED) is 0.784. The highest BCUT2D eigenvalue weighted by Crippen LogP contribution is 2.27. The van der Waals surface area contributed by atoms with Crippen molar-refractivity contribution < 1.29 is 9.47 Å². The summed E-state index contributed by atoms with van der Waals surface area (Å²) in [6.07, 6.45) is 2.85. The molecule has 1 saturated heterocycles. The lowest BCUT2D eigenvalue weighted by atomic mass is 9.83. The predicted molar refractivity (Wildman–Crippen MR) is 66.7 cm³/mol. The monoisotopic (exact) mass is 229 g/mol. The van der Waals surface area contributed by atoms with E-state index in [2.05, 4.69) is 33.0 Å². The molecule has 1 fully saturated rings. The predicted octanol–water partition coefficient (Wildman–Crippen LogP) is 2.21. The molecule has 0 saturated carbocycles. The summed E-state index contributed by atoms with van der Waals surface area (Å²) in [5, 5.41) is 3.51. The number of ether oxygens (including phenoxy) is 2. The van der Waals surface area contributed by atoms with Gasteiger partial charge in [-0.2, -0.15) is 0 Å². The lowest BCUT2D eigenvalue weighted by molar-refractivity contribution is -0.0485. The van der Waals surface area contributed by atoms with Crippen LogP contribution in [0, 0.1) is 5.41 Å². The zero-order valence-corrected chi connectivity index (χ0v) is 11.2. The number of nitrogens with one attached hydrogen (secondary N) is 1. The molecule has 1 atom stereocenters. The van der Waals surface area contributed by atoms with Gasteiger partial charge in [-0.25, -0.2) is 0 Å². The highest BCUT2D eigenvalue weighted by atomic mass is 16.5. The summed E-state index contributed by atoms with van der Waals surface area (Å²) in [7, 11) is 0. The number of hydrogen-bond donors (Lipinski definition) is 1. The van der Waals surface area contributed by atoms with Crippen LogP contribution in [0.1, 0.15) is 40.5 Å². The largest absolute Gasteiger partial charge is 0.376 e. The molecule has 1 aliphatic rings. The summed E-state index contributed by atoms with van der Waals surface area (Å²) in [5.41, 5.74) is 0.326. The standard InChI is InChI=1S/C13H27NO2/c1-5-13(6-2)9-14-7-12(16-10-13)8-15-11(3)4/h11-12,14H,5-10H2,1-4H3. The van der Waals surface area contributed by atoms with Crippen molar-refractivity contribution in [3.05, 3.63) is 0 Å². The van der Waals surface area contributed by atoms with E-state index in [1.165, 1.54) is 12.8 Å². The topological polar surface area (TPSA) is 30.5 Å². The molecule has 3 heteroatoms. The lowest BCUT2D eigenvalue weighted by Crippen LogP contribution is -2.34. The van der Waals surface area contributed by atoms with E-state index in [-0.39, 0.29) is 12.2 Å². The fourth-order valence-electron chi connectivity index (χ4n) is 2.01. The van der Waals surface area contributed by atoms with Crippen molar-refractivity contribution in [3.63, 3.8) is 0 Å². The molecule has 0 amide bonds. The van der Waals surface area contributed by atoms with Crippen LogP contribution >= 0.6 is 0 Å². The number of hydrogen-bond acceptors (Lipinski definition) is 3. The number of rotatable bonds is 5. The molecule has 1 heterocycles. The summed E-state index contributed by atoms with van der Waals surface area (Å²) in [4.78, 5) is 0. The second-order valence-corrected chi connectivity index (χ2v) is 5.15. The second-order valence-electron chi connectivity index (χ2n) is 5.15. The molecule has 0 spiro atoms. The first-order valence-electron chi connectivity index (χ1n) is 6.56. The van der Waals surface area contributed by atoms with Gasteiger partial charge in [-0.05, 0) is 26.7 Å². The van der Waals surface area contributed by atoms with Crippen LogP contribution in [0.15, 0.2) is 0 Å². The highest BCUT2D eigenvalue weighted by molar-refractivity contribution is 4.83. The van der Waals surface area contributed by atoms with E-state index in [9.17, 15) is 0 Å². The Hall–Kier alpha value is -0.120. The van der Waals surface area contributed by atoms with Gasteiger partial charge in [0.15, 0.2) is 0 Å². The van der Waals surface area contributed by atoms with Gasteiger partial charge < -0.3 is 14.8 Å². The molecule has 0 radical (unpaired) electrons. The van der Waals surface area contributed by atoms with Gasteiger partial charge in [0.05, 0.1) is 25.4 Å². The Balaban J connectivity index is 2.39. The normalized spacial score (nSPS) is 25.7. The first kappa shape index (κ1) is 13.9. The average molecular weight is 229 g/mol. The van der Waals surface area contributed by atoms with Crippen LogP contribution in [0.2, 0.25) is 0 Å². The van der Waals surface area contributed by atoms with Crippen LogP contribution in [-0.2, 0) is 9.47 Å². The minimum atomic E-state index is 0.211. The molecule has 0 aromatic rings. The van der Waals surface area contributed by atoms with Crippen molar-refractivity contribution in [2.75, 3.05) is 26.3 Å². The molecule has 0 aromatic heterocycles. The molecule has 1 unspecified atom stereocenters. The summed E-state index contributed by atoms with van der Waals surface area (Å²) < 4.78 is 11.6. The van der Waals surface area contributed by atoms with Crippen LogP contribution in [0.25, 0.3) is 0 Å². The van der Waals surface area contributed by atoms with Crippen LogP contribution in [0.4, 0.5) is 0 Å². The van der Waals surface area contributed by atoms with Crippen molar-refractivity contribution in [2.45, 2.75) is 52.7 Å². The average Bonchev–Trinajstić information content (AvgIpc) is 2.49. The first-order valence-corrected chi connectivity index (χ1v) is 6.56. The van der Waals surface area contributed by atoms with Crippen LogP contribution in [0.3, 0.4) is 0 Å². The molecule has 0 bridgehead atoms. The van der Waals surface area contributed by atoms with Gasteiger partial charge in [-0.15, -0.1) is 0 Å². The molecular formula is C13H27NO2. The van der Waals surface area contributed by atoms with E-state index in [1.807, 2.05) is 0 Å². The van der Waals surface area contributed by atoms with E-state index in [0.717, 1.165) is 19.7 Å². The van der Waals surface area contributed by atoms with Crippen LogP contribution < -0.4 is 5.32 Å². The molecule has 0 aliphatic carbocycles. The van der Waals surface area contributed by atoms with E-state index < -0.39 is 0 Å². The Bertz CT molecular complexity index is 190. The first-order chi connectivity index (χ1) is 7.62. The van der Waals surface area contributed by atoms with Gasteiger partial charge in [0.25, 0.3) is 0 Å². The summed E-state index contributed by atoms with van der Waals surface area (Å²) in [5.74, 6) is 0. The van der Waals surface area contributed by atoms with Gasteiger partial charge >= 0.3 is 0 Å². The summed E-state index contributed by atoms with van der Waals surface area (Å²) >= 11 is 0. The molecule has 1 N–H and O–H groups in total. The Labute approximate surface area is 99.9 Å². The van der Waals surface area contributed by atoms with E-state index in [4.69, 9.17) is 9.47 Å². The lowest BCUT2D eigenvalue weighted by Gasteiger charge is -2.29. The van der Waals surface area contributed by atoms with Crippen molar-refractivity contribution in [3.8, 4) is 0 Å². The minimum absolute atomic E-state index is 0.211. The van der Waals surface area contributed by atoms with Crippen LogP contribution in [-0.4, -0.2) is 38.5 Å². The molecular weight excluding hydrogens is 202 g/mol. The maximum absolute atomic E-state index is 5.96. The summed E-state index contributed by atoms with van der Waals surface area (Å²) in [6, 6.07) is 0. The fraction of sp³-hybridized carbons (Fsp3) is 1.00. The minimum Gasteiger partial charge on any atom is -0.376 e. The van der Waals surface area contributed by atoms with Gasteiger partial charge in [-0.1, -0.05) is 13.8 Å². The third-order valence-corrected chi connectivity index (χ3v) is 3.61. The maximum atomic E-state index is 5.96. The third-order valence-electron chi connectivity index (χ3n) is 3.61. The SMILES string of the molecule is CCC1(CC)CNCC(COC(C)C)OC1. The molecule has 16 heavy (non-hydrogen) atoms. The molecule has 0 aromatic carbocycles. The second kappa shape index (κ2) is 6.58. The molecule has 96 valence electrons. The van der Waals surface area contributed by atoms with Gasteiger partial charge in [0.1, 0.15) is 0 Å². The van der Waals surface area contributed by atoms with Crippen molar-refractivity contribution in [1.29, 1.82) is 0 Å². The van der Waals surface area contributed by atoms with Crippen molar-refractivity contribution in [2.24, 2.45) is 5.41 Å². The summed E-state index contributed by atoms with van der Waals surface area (Å²) in [6.45, 7) is 12.2. The molecule has 3 nitrogen and oxygen atoms in total. The van der Waals surface area contributed by atoms with E-state index in [0.29, 0.717) is 12.0 Å². The van der Waals surface area contributed by atoms with Gasteiger partial charge in [0.2, 0.25) is 0 Å². The highest BCUT2D eigenvalue weighted by Gasteiger charge is 2.30. The maximum Gasteiger partial charge on any atom is 0.0932 e.